The Kier molecular flexibility index (Phi) is 8.65. The fourth-order valence-electron chi connectivity index (χ4n) is 2.86. The van der Waals surface area contributed by atoms with E-state index in [0.717, 1.165) is 6.42 Å². The number of carbonyl (C=O) groups excluding carboxylic acids is 4. The van der Waals surface area contributed by atoms with Crippen LogP contribution in [0.15, 0.2) is 0 Å². The molecule has 1 unspecified atom stereocenters. The van der Waals surface area contributed by atoms with Crippen molar-refractivity contribution in [3.8, 4) is 0 Å². The van der Waals surface area contributed by atoms with Crippen molar-refractivity contribution in [3.63, 3.8) is 0 Å². The second-order valence-electron chi connectivity index (χ2n) is 6.72. The van der Waals surface area contributed by atoms with Gasteiger partial charge in [-0.2, -0.15) is 0 Å². The van der Waals surface area contributed by atoms with Gasteiger partial charge in [-0.05, 0) is 12.8 Å². The minimum absolute atomic E-state index is 0.438. The van der Waals surface area contributed by atoms with E-state index in [1.165, 1.54) is 0 Å². The average molecular weight is 465 g/mol. The number of fused-ring (bicyclic) bond motifs is 1. The molecule has 172 valence electrons. The Morgan fingerprint density at radius 3 is 1.90 bits per heavy atom. The van der Waals surface area contributed by atoms with E-state index in [1.54, 1.807) is 0 Å². The van der Waals surface area contributed by atoms with Crippen LogP contribution in [-0.4, -0.2) is 58.1 Å². The molecular formula is C16H22N2O12P+. The number of rotatable bonds is 8. The molecule has 0 bridgehead atoms. The van der Waals surface area contributed by atoms with Crippen LogP contribution in [0.2, 0.25) is 0 Å². The largest absolute Gasteiger partial charge is 0.648 e. The van der Waals surface area contributed by atoms with Crippen molar-refractivity contribution in [2.75, 3.05) is 0 Å². The van der Waals surface area contributed by atoms with Gasteiger partial charge in [0.25, 0.3) is 0 Å². The highest BCUT2D eigenvalue weighted by Crippen LogP contribution is 2.60. The molecule has 2 rings (SSSR count). The fourth-order valence-corrected chi connectivity index (χ4v) is 4.86. The van der Waals surface area contributed by atoms with E-state index in [1.807, 2.05) is 0 Å². The predicted molar refractivity (Wildman–Crippen MR) is 97.3 cm³/mol. The first-order valence-corrected chi connectivity index (χ1v) is 10.9. The van der Waals surface area contributed by atoms with Crippen LogP contribution in [0.4, 0.5) is 0 Å². The Bertz CT molecular complexity index is 725. The second-order valence-corrected chi connectivity index (χ2v) is 8.53. The fraction of sp³-hybridized carbons (Fsp3) is 0.625. The third-order valence-corrected chi connectivity index (χ3v) is 6.23. The molecule has 0 aromatic rings. The molecule has 1 heterocycles. The number of carboxylic acids is 2. The summed E-state index contributed by atoms with van der Waals surface area (Å²) in [5, 5.41) is 20.2. The zero-order chi connectivity index (χ0) is 23.0. The average Bonchev–Trinajstić information content (AvgIpc) is 2.73. The van der Waals surface area contributed by atoms with Crippen LogP contribution in [0.25, 0.3) is 0 Å². The molecule has 1 saturated heterocycles. The van der Waals surface area contributed by atoms with E-state index in [-0.39, 0.29) is 0 Å². The molecule has 2 aliphatic rings. The molecule has 0 aromatic carbocycles. The molecule has 2 fully saturated rings. The van der Waals surface area contributed by atoms with Gasteiger partial charge >= 0.3 is 43.9 Å². The lowest BCUT2D eigenvalue weighted by Crippen LogP contribution is -2.49. The summed E-state index contributed by atoms with van der Waals surface area (Å²) >= 11 is 0. The number of carbonyl (C=O) groups is 6. The molecule has 2 atom stereocenters. The third-order valence-electron chi connectivity index (χ3n) is 4.29. The summed E-state index contributed by atoms with van der Waals surface area (Å²) < 4.78 is 15.1. The molecule has 4 N–H and O–H groups in total. The molecular weight excluding hydrogens is 443 g/mol. The Morgan fingerprint density at radius 2 is 1.39 bits per heavy atom. The first-order chi connectivity index (χ1) is 14.6. The number of hydrogen-bond donors (Lipinski definition) is 4. The molecule has 0 amide bonds. The summed E-state index contributed by atoms with van der Waals surface area (Å²) in [7, 11) is -4.43. The van der Waals surface area contributed by atoms with Crippen LogP contribution < -0.4 is 10.6 Å². The Balaban J connectivity index is 2.33. The summed E-state index contributed by atoms with van der Waals surface area (Å²) in [5.41, 5.74) is 2.44. The van der Waals surface area contributed by atoms with Crippen molar-refractivity contribution in [2.45, 2.75) is 63.5 Å². The first kappa shape index (κ1) is 24.4. The highest BCUT2D eigenvalue weighted by atomic mass is 31.2. The van der Waals surface area contributed by atoms with Gasteiger partial charge in [0, 0.05) is 0 Å². The minimum Gasteiger partial charge on any atom is -0.481 e. The van der Waals surface area contributed by atoms with Crippen LogP contribution in [0.5, 0.6) is 0 Å². The Morgan fingerprint density at radius 1 is 0.871 bits per heavy atom. The van der Waals surface area contributed by atoms with Gasteiger partial charge in [0.1, 0.15) is 0 Å². The maximum Gasteiger partial charge on any atom is 0.648 e. The van der Waals surface area contributed by atoms with Crippen LogP contribution in [0, 0.1) is 0 Å². The lowest BCUT2D eigenvalue weighted by atomic mass is 9.92. The molecule has 14 nitrogen and oxygen atoms in total. The van der Waals surface area contributed by atoms with Gasteiger partial charge in [-0.25, -0.2) is 32.7 Å². The predicted octanol–water partition coefficient (Wildman–Crippen LogP) is -0.0146. The van der Waals surface area contributed by atoms with Crippen LogP contribution in [0.3, 0.4) is 0 Å². The lowest BCUT2D eigenvalue weighted by Gasteiger charge is -2.31. The van der Waals surface area contributed by atoms with Crippen molar-refractivity contribution in [2.24, 2.45) is 0 Å². The van der Waals surface area contributed by atoms with Crippen LogP contribution in [-0.2, 0) is 47.2 Å². The quantitative estimate of drug-likeness (QED) is 0.275. The highest BCUT2D eigenvalue weighted by molar-refractivity contribution is 7.61. The highest BCUT2D eigenvalue weighted by Gasteiger charge is 2.60. The number of nitrogens with one attached hydrogen (secondary N) is 2. The van der Waals surface area contributed by atoms with E-state index in [0.29, 0.717) is 19.3 Å². The van der Waals surface area contributed by atoms with Crippen molar-refractivity contribution < 1.29 is 57.4 Å². The van der Waals surface area contributed by atoms with Crippen molar-refractivity contribution in [3.05, 3.63) is 0 Å². The standard InChI is InChI=1S/C16H21N2O12P/c19-11(20)5-7-13(23)28-31(29-14(24)8-6-12(21)22)18-10-4-2-1-3-9(10)17-27-15(25)16(26)30-31/h9-10,17-18H,1-8H2,(H-,19,20,21,22)/p+1/t9?,10-/m0/s1. The van der Waals surface area contributed by atoms with Gasteiger partial charge in [-0.3, -0.25) is 9.59 Å². The third kappa shape index (κ3) is 7.74. The van der Waals surface area contributed by atoms with Gasteiger partial charge in [0.05, 0.1) is 37.8 Å². The van der Waals surface area contributed by atoms with E-state index in [4.69, 9.17) is 23.8 Å². The molecule has 0 radical (unpaired) electrons. The summed E-state index contributed by atoms with van der Waals surface area (Å²) in [6, 6.07) is -1.16. The van der Waals surface area contributed by atoms with Crippen molar-refractivity contribution >= 4 is 43.9 Å². The molecule has 0 spiro atoms. The lowest BCUT2D eigenvalue weighted by molar-refractivity contribution is -0.169. The molecule has 15 heteroatoms. The Labute approximate surface area is 176 Å². The molecule has 1 aliphatic heterocycles. The first-order valence-electron chi connectivity index (χ1n) is 9.36. The van der Waals surface area contributed by atoms with Gasteiger partial charge in [-0.15, -0.1) is 5.48 Å². The Hall–Kier alpha value is -2.83. The molecule has 31 heavy (non-hydrogen) atoms. The minimum atomic E-state index is -4.43. The van der Waals surface area contributed by atoms with Crippen LogP contribution >= 0.6 is 8.09 Å². The van der Waals surface area contributed by atoms with E-state index in [9.17, 15) is 28.8 Å². The zero-order valence-electron chi connectivity index (χ0n) is 16.2. The SMILES string of the molecule is O=C(O)CCC(=O)O[P+]1(OC(=O)CCC(=O)O)N[C@H]2CCCCC2NOC(=O)C(=O)O1. The second kappa shape index (κ2) is 11.0. The van der Waals surface area contributed by atoms with Gasteiger partial charge in [0.2, 0.25) is 0 Å². The number of aliphatic carboxylic acids is 2. The summed E-state index contributed by atoms with van der Waals surface area (Å²) in [5.74, 6) is -8.07. The van der Waals surface area contributed by atoms with E-state index in [2.05, 4.69) is 15.4 Å². The summed E-state index contributed by atoms with van der Waals surface area (Å²) in [4.78, 5) is 74.5. The maximum absolute atomic E-state index is 12.2. The smallest absolute Gasteiger partial charge is 0.481 e. The number of hydroxylamine groups is 1. The monoisotopic (exact) mass is 465 g/mol. The number of carboxylic acid groups (broad SMARTS) is 2. The topological polar surface area (TPSA) is 204 Å². The normalized spacial score (nSPS) is 23.0. The van der Waals surface area contributed by atoms with Crippen molar-refractivity contribution in [1.29, 1.82) is 0 Å². The van der Waals surface area contributed by atoms with E-state index < -0.39 is 81.7 Å². The maximum atomic E-state index is 12.2. The number of hydrogen-bond acceptors (Lipinski definition) is 12. The van der Waals surface area contributed by atoms with Crippen LogP contribution in [0.1, 0.15) is 51.4 Å². The van der Waals surface area contributed by atoms with E-state index >= 15 is 0 Å². The molecule has 1 aliphatic carbocycles. The zero-order valence-corrected chi connectivity index (χ0v) is 17.1. The van der Waals surface area contributed by atoms with Gasteiger partial charge in [-0.1, -0.05) is 17.9 Å². The molecule has 0 aromatic heterocycles. The summed E-state index contributed by atoms with van der Waals surface area (Å²) in [6.07, 6.45) is -0.112. The van der Waals surface area contributed by atoms with Gasteiger partial charge in [0.15, 0.2) is 0 Å². The van der Waals surface area contributed by atoms with Gasteiger partial charge < -0.3 is 15.1 Å². The van der Waals surface area contributed by atoms with Crippen molar-refractivity contribution in [1.82, 2.24) is 10.6 Å². The summed E-state index contributed by atoms with van der Waals surface area (Å²) in [6.45, 7) is 0. The molecule has 1 saturated carbocycles.